The smallest absolute Gasteiger partial charge is 0.276 e. The Bertz CT molecular complexity index is 901. The van der Waals surface area contributed by atoms with Gasteiger partial charge >= 0.3 is 0 Å². The van der Waals surface area contributed by atoms with E-state index in [1.807, 2.05) is 0 Å². The summed E-state index contributed by atoms with van der Waals surface area (Å²) in [5.41, 5.74) is 0.295. The zero-order valence-corrected chi connectivity index (χ0v) is 14.1. The van der Waals surface area contributed by atoms with Gasteiger partial charge in [0.15, 0.2) is 11.5 Å². The molecule has 1 saturated carbocycles. The molecule has 0 bridgehead atoms. The quantitative estimate of drug-likeness (QED) is 0.709. The molecule has 8 heteroatoms. The zero-order chi connectivity index (χ0) is 17.5. The van der Waals surface area contributed by atoms with Crippen LogP contribution in [0.3, 0.4) is 0 Å². The highest BCUT2D eigenvalue weighted by molar-refractivity contribution is 5.93. The second-order valence-corrected chi connectivity index (χ2v) is 6.87. The van der Waals surface area contributed by atoms with Crippen molar-refractivity contribution >= 4 is 5.91 Å². The van der Waals surface area contributed by atoms with Crippen molar-refractivity contribution in [2.45, 2.75) is 37.5 Å². The van der Waals surface area contributed by atoms with Crippen LogP contribution in [0.5, 0.6) is 0 Å². The average molecular weight is 354 g/mol. The van der Waals surface area contributed by atoms with Crippen LogP contribution in [-0.4, -0.2) is 39.3 Å². The molecule has 0 atom stereocenters. The molecule has 3 aromatic heterocycles. The Morgan fingerprint density at radius 2 is 1.77 bits per heavy atom. The average Bonchev–Trinajstić information content (AvgIpc) is 3.14. The minimum atomic E-state index is -0.130. The number of likely N-dealkylation sites (tertiary alicyclic amines) is 1. The highest BCUT2D eigenvalue weighted by atomic mass is 16.5. The fraction of sp³-hybridized carbons (Fsp3) is 0.444. The van der Waals surface area contributed by atoms with Crippen molar-refractivity contribution < 1.29 is 18.2 Å². The van der Waals surface area contributed by atoms with E-state index in [0.717, 1.165) is 31.6 Å². The number of piperidine rings is 1. The number of carbonyl (C=O) groups excluding carboxylic acids is 1. The lowest BCUT2D eigenvalue weighted by Gasteiger charge is -2.29. The van der Waals surface area contributed by atoms with Gasteiger partial charge in [0.1, 0.15) is 0 Å². The van der Waals surface area contributed by atoms with Gasteiger partial charge in [-0.05, 0) is 37.8 Å². The fourth-order valence-corrected chi connectivity index (χ4v) is 3.31. The molecule has 0 radical (unpaired) electrons. The van der Waals surface area contributed by atoms with Crippen LogP contribution >= 0.6 is 0 Å². The van der Waals surface area contributed by atoms with Gasteiger partial charge < -0.3 is 18.3 Å². The van der Waals surface area contributed by atoms with Crippen LogP contribution in [0.25, 0.3) is 11.5 Å². The lowest BCUT2D eigenvalue weighted by atomic mass is 9.96. The molecule has 0 aromatic carbocycles. The summed E-state index contributed by atoms with van der Waals surface area (Å²) in [6.45, 7) is 1.27. The number of amides is 1. The molecule has 2 fully saturated rings. The van der Waals surface area contributed by atoms with E-state index >= 15 is 0 Å². The number of carbonyl (C=O) groups is 1. The highest BCUT2D eigenvalue weighted by Gasteiger charge is 2.33. The predicted octanol–water partition coefficient (Wildman–Crippen LogP) is 3.21. The van der Waals surface area contributed by atoms with Crippen LogP contribution in [0.4, 0.5) is 0 Å². The van der Waals surface area contributed by atoms with Crippen LogP contribution in [0.2, 0.25) is 0 Å². The minimum Gasteiger partial charge on any atom is -0.461 e. The van der Waals surface area contributed by atoms with E-state index in [-0.39, 0.29) is 11.8 Å². The van der Waals surface area contributed by atoms with Gasteiger partial charge in [-0.2, -0.15) is 0 Å². The van der Waals surface area contributed by atoms with Crippen molar-refractivity contribution in [2.24, 2.45) is 0 Å². The van der Waals surface area contributed by atoms with E-state index < -0.39 is 0 Å². The van der Waals surface area contributed by atoms with Crippen LogP contribution in [0.15, 0.2) is 37.8 Å². The number of aromatic nitrogens is 3. The third-order valence-electron chi connectivity index (χ3n) is 5.01. The topological polar surface area (TPSA) is 98.4 Å². The van der Waals surface area contributed by atoms with E-state index in [2.05, 4.69) is 15.4 Å². The first-order valence-electron chi connectivity index (χ1n) is 8.91. The standard InChI is InChI=1S/C18H18N4O4/c23-18(13-10-15(26-21-13)14-2-1-9-24-14)22-7-5-12(6-8-22)17-20-19-16(25-17)11-3-4-11/h1-2,9-12H,3-8H2. The summed E-state index contributed by atoms with van der Waals surface area (Å²) in [6.07, 6.45) is 5.46. The summed E-state index contributed by atoms with van der Waals surface area (Å²) in [7, 11) is 0. The molecule has 26 heavy (non-hydrogen) atoms. The summed E-state index contributed by atoms with van der Waals surface area (Å²) in [5.74, 6) is 3.04. The SMILES string of the molecule is O=C(c1cc(-c2ccco2)on1)N1CCC(c2nnc(C3CC3)o2)CC1. The molecular weight excluding hydrogens is 336 g/mol. The molecule has 8 nitrogen and oxygen atoms in total. The second-order valence-electron chi connectivity index (χ2n) is 6.87. The van der Waals surface area contributed by atoms with Crippen molar-refractivity contribution in [2.75, 3.05) is 13.1 Å². The summed E-state index contributed by atoms with van der Waals surface area (Å²) in [5, 5.41) is 12.2. The number of hydrogen-bond donors (Lipinski definition) is 0. The molecular formula is C18H18N4O4. The molecule has 0 spiro atoms. The predicted molar refractivity (Wildman–Crippen MR) is 88.4 cm³/mol. The molecule has 1 saturated heterocycles. The van der Waals surface area contributed by atoms with Crippen molar-refractivity contribution in [3.05, 3.63) is 41.9 Å². The summed E-state index contributed by atoms with van der Waals surface area (Å²) in [6, 6.07) is 5.14. The van der Waals surface area contributed by atoms with Gasteiger partial charge in [-0.25, -0.2) is 0 Å². The third-order valence-corrected chi connectivity index (χ3v) is 5.01. The van der Waals surface area contributed by atoms with E-state index in [1.54, 1.807) is 29.4 Å². The number of rotatable bonds is 4. The molecule has 4 heterocycles. The molecule has 134 valence electrons. The first-order chi connectivity index (χ1) is 12.8. The summed E-state index contributed by atoms with van der Waals surface area (Å²) >= 11 is 0. The van der Waals surface area contributed by atoms with Crippen LogP contribution < -0.4 is 0 Å². The normalized spacial score (nSPS) is 18.4. The first kappa shape index (κ1) is 15.4. The first-order valence-corrected chi connectivity index (χ1v) is 8.91. The van der Waals surface area contributed by atoms with Crippen molar-refractivity contribution in [1.29, 1.82) is 0 Å². The molecule has 1 aliphatic carbocycles. The van der Waals surface area contributed by atoms with Gasteiger partial charge in [-0.15, -0.1) is 10.2 Å². The van der Waals surface area contributed by atoms with Crippen molar-refractivity contribution in [3.8, 4) is 11.5 Å². The van der Waals surface area contributed by atoms with E-state index in [9.17, 15) is 4.79 Å². The zero-order valence-electron chi connectivity index (χ0n) is 14.1. The van der Waals surface area contributed by atoms with Crippen LogP contribution in [0, 0.1) is 0 Å². The number of hydrogen-bond acceptors (Lipinski definition) is 7. The van der Waals surface area contributed by atoms with Gasteiger partial charge in [0.05, 0.1) is 6.26 Å². The van der Waals surface area contributed by atoms with Crippen LogP contribution in [-0.2, 0) is 0 Å². The number of furan rings is 1. The third kappa shape index (κ3) is 2.81. The van der Waals surface area contributed by atoms with E-state index in [0.29, 0.717) is 42.1 Å². The molecule has 0 unspecified atom stereocenters. The van der Waals surface area contributed by atoms with Gasteiger partial charge in [0.2, 0.25) is 17.5 Å². The second kappa shape index (κ2) is 6.12. The fourth-order valence-electron chi connectivity index (χ4n) is 3.31. The van der Waals surface area contributed by atoms with Gasteiger partial charge in [0.25, 0.3) is 5.91 Å². The van der Waals surface area contributed by atoms with Crippen LogP contribution in [0.1, 0.15) is 59.8 Å². The van der Waals surface area contributed by atoms with E-state index in [1.165, 1.54) is 0 Å². The highest BCUT2D eigenvalue weighted by Crippen LogP contribution is 2.40. The lowest BCUT2D eigenvalue weighted by molar-refractivity contribution is 0.0695. The molecule has 1 amide bonds. The molecule has 3 aromatic rings. The van der Waals surface area contributed by atoms with Gasteiger partial charge in [-0.3, -0.25) is 4.79 Å². The van der Waals surface area contributed by atoms with Gasteiger partial charge in [0, 0.05) is 31.0 Å². The maximum Gasteiger partial charge on any atom is 0.276 e. The van der Waals surface area contributed by atoms with Gasteiger partial charge in [-0.1, -0.05) is 5.16 Å². The minimum absolute atomic E-state index is 0.130. The summed E-state index contributed by atoms with van der Waals surface area (Å²) in [4.78, 5) is 14.4. The Hall–Kier alpha value is -2.90. The molecule has 5 rings (SSSR count). The van der Waals surface area contributed by atoms with E-state index in [4.69, 9.17) is 13.4 Å². The Morgan fingerprint density at radius 1 is 1.04 bits per heavy atom. The lowest BCUT2D eigenvalue weighted by Crippen LogP contribution is -2.38. The molecule has 0 N–H and O–H groups in total. The Labute approximate surface area is 149 Å². The van der Waals surface area contributed by atoms with Crippen molar-refractivity contribution in [3.63, 3.8) is 0 Å². The molecule has 2 aliphatic rings. The largest absolute Gasteiger partial charge is 0.461 e. The molecule has 1 aliphatic heterocycles. The Morgan fingerprint density at radius 3 is 2.42 bits per heavy atom. The maximum atomic E-state index is 12.6. The Kier molecular flexibility index (Phi) is 3.62. The number of nitrogens with zero attached hydrogens (tertiary/aromatic N) is 4. The monoisotopic (exact) mass is 354 g/mol. The summed E-state index contributed by atoms with van der Waals surface area (Å²) < 4.78 is 16.3. The van der Waals surface area contributed by atoms with Crippen molar-refractivity contribution in [1.82, 2.24) is 20.3 Å². The maximum absolute atomic E-state index is 12.6. The Balaban J connectivity index is 1.22.